The third-order valence-corrected chi connectivity index (χ3v) is 2.65. The van der Waals surface area contributed by atoms with E-state index in [4.69, 9.17) is 19.3 Å². The first-order chi connectivity index (χ1) is 8.38. The van der Waals surface area contributed by atoms with E-state index in [9.17, 15) is 0 Å². The summed E-state index contributed by atoms with van der Waals surface area (Å²) in [7, 11) is 0. The predicted molar refractivity (Wildman–Crippen MR) is 62.4 cm³/mol. The number of rotatable bonds is 5. The molecule has 0 aromatic heterocycles. The molecule has 94 valence electrons. The summed E-state index contributed by atoms with van der Waals surface area (Å²) in [6.45, 7) is 1.64. The van der Waals surface area contributed by atoms with Crippen LogP contribution < -0.4 is 0 Å². The molecule has 0 spiro atoms. The predicted octanol–water partition coefficient (Wildman–Crippen LogP) is 1.33. The number of hydrogen-bond donors (Lipinski definition) is 1. The molecule has 1 N–H and O–H groups in total. The highest BCUT2D eigenvalue weighted by Crippen LogP contribution is 2.13. The van der Waals surface area contributed by atoms with Crippen molar-refractivity contribution in [2.24, 2.45) is 0 Å². The lowest BCUT2D eigenvalue weighted by Crippen LogP contribution is -2.36. The van der Waals surface area contributed by atoms with Crippen molar-refractivity contribution >= 4 is 0 Å². The summed E-state index contributed by atoms with van der Waals surface area (Å²) in [4.78, 5) is 0. The van der Waals surface area contributed by atoms with Crippen LogP contribution in [0.25, 0.3) is 0 Å². The zero-order valence-electron chi connectivity index (χ0n) is 9.75. The quantitative estimate of drug-likeness (QED) is 0.840. The van der Waals surface area contributed by atoms with Gasteiger partial charge < -0.3 is 19.3 Å². The van der Waals surface area contributed by atoms with Gasteiger partial charge in [-0.05, 0) is 12.0 Å². The number of benzene rings is 1. The molecular weight excluding hydrogens is 220 g/mol. The topological polar surface area (TPSA) is 47.9 Å². The molecule has 1 aromatic rings. The molecule has 1 aromatic carbocycles. The van der Waals surface area contributed by atoms with E-state index in [1.54, 1.807) is 0 Å². The van der Waals surface area contributed by atoms with E-state index < -0.39 is 6.29 Å². The van der Waals surface area contributed by atoms with Gasteiger partial charge in [0, 0.05) is 0 Å². The van der Waals surface area contributed by atoms with Crippen molar-refractivity contribution in [2.45, 2.75) is 25.4 Å². The van der Waals surface area contributed by atoms with E-state index >= 15 is 0 Å². The Balaban J connectivity index is 1.68. The Labute approximate surface area is 101 Å². The molecule has 4 heteroatoms. The molecule has 1 saturated heterocycles. The molecule has 1 aliphatic rings. The van der Waals surface area contributed by atoms with Crippen molar-refractivity contribution in [1.82, 2.24) is 0 Å². The van der Waals surface area contributed by atoms with Gasteiger partial charge >= 0.3 is 0 Å². The van der Waals surface area contributed by atoms with Crippen LogP contribution in [-0.4, -0.2) is 37.3 Å². The fraction of sp³-hybridized carbons (Fsp3) is 0.538. The molecular formula is C13H18O4. The lowest BCUT2D eigenvalue weighted by atomic mass is 10.2. The van der Waals surface area contributed by atoms with Crippen LogP contribution in [0.5, 0.6) is 0 Å². The monoisotopic (exact) mass is 238 g/mol. The lowest BCUT2D eigenvalue weighted by Gasteiger charge is -2.28. The Hall–Kier alpha value is -0.940. The zero-order valence-corrected chi connectivity index (χ0v) is 9.75. The fourth-order valence-corrected chi connectivity index (χ4v) is 1.75. The van der Waals surface area contributed by atoms with E-state index in [1.165, 1.54) is 0 Å². The van der Waals surface area contributed by atoms with Gasteiger partial charge in [0.05, 0.1) is 32.5 Å². The van der Waals surface area contributed by atoms with Crippen molar-refractivity contribution in [2.75, 3.05) is 19.8 Å². The molecule has 1 fully saturated rings. The van der Waals surface area contributed by atoms with Crippen LogP contribution in [0.1, 0.15) is 12.0 Å². The first-order valence-electron chi connectivity index (χ1n) is 5.88. The Morgan fingerprint density at radius 3 is 2.88 bits per heavy atom. The maximum Gasteiger partial charge on any atom is 0.180 e. The molecule has 0 aliphatic carbocycles. The largest absolute Gasteiger partial charge is 0.391 e. The summed E-state index contributed by atoms with van der Waals surface area (Å²) in [6.07, 6.45) is 0.337. The first kappa shape index (κ1) is 12.5. The molecule has 2 unspecified atom stereocenters. The maximum absolute atomic E-state index is 8.92. The zero-order chi connectivity index (χ0) is 11.9. The van der Waals surface area contributed by atoms with Crippen LogP contribution in [0.2, 0.25) is 0 Å². The molecule has 17 heavy (non-hydrogen) atoms. The summed E-state index contributed by atoms with van der Waals surface area (Å²) < 4.78 is 16.3. The fourth-order valence-electron chi connectivity index (χ4n) is 1.75. The van der Waals surface area contributed by atoms with Crippen LogP contribution in [0.3, 0.4) is 0 Å². The lowest BCUT2D eigenvalue weighted by molar-refractivity contribution is -0.235. The van der Waals surface area contributed by atoms with Gasteiger partial charge in [0.2, 0.25) is 0 Å². The molecule has 1 heterocycles. The Morgan fingerprint density at radius 2 is 2.12 bits per heavy atom. The number of aliphatic hydroxyl groups is 1. The van der Waals surface area contributed by atoms with Gasteiger partial charge in [-0.3, -0.25) is 0 Å². The maximum atomic E-state index is 8.92. The van der Waals surface area contributed by atoms with Crippen molar-refractivity contribution in [1.29, 1.82) is 0 Å². The molecule has 0 saturated carbocycles. The Kier molecular flexibility index (Phi) is 4.94. The molecule has 4 nitrogen and oxygen atoms in total. The minimum absolute atomic E-state index is 0.0182. The minimum Gasteiger partial charge on any atom is -0.391 e. The van der Waals surface area contributed by atoms with Crippen LogP contribution in [0.4, 0.5) is 0 Å². The van der Waals surface area contributed by atoms with Crippen molar-refractivity contribution < 1.29 is 19.3 Å². The number of aliphatic hydroxyl groups excluding tert-OH is 1. The minimum atomic E-state index is -0.492. The van der Waals surface area contributed by atoms with E-state index in [-0.39, 0.29) is 12.7 Å². The van der Waals surface area contributed by atoms with E-state index in [1.807, 2.05) is 30.3 Å². The smallest absolute Gasteiger partial charge is 0.180 e. The van der Waals surface area contributed by atoms with Crippen LogP contribution in [-0.2, 0) is 20.8 Å². The van der Waals surface area contributed by atoms with Gasteiger partial charge in [0.25, 0.3) is 0 Å². The molecule has 1 aliphatic heterocycles. The number of hydrogen-bond acceptors (Lipinski definition) is 4. The van der Waals surface area contributed by atoms with Gasteiger partial charge in [0.1, 0.15) is 0 Å². The number of ether oxygens (including phenoxy) is 3. The second-order valence-corrected chi connectivity index (χ2v) is 4.03. The van der Waals surface area contributed by atoms with Gasteiger partial charge in [-0.1, -0.05) is 30.3 Å². The second-order valence-electron chi connectivity index (χ2n) is 4.03. The summed E-state index contributed by atoms with van der Waals surface area (Å²) in [5.74, 6) is 0. The Morgan fingerprint density at radius 1 is 1.29 bits per heavy atom. The van der Waals surface area contributed by atoms with Crippen molar-refractivity contribution in [3.05, 3.63) is 35.9 Å². The van der Waals surface area contributed by atoms with Crippen molar-refractivity contribution in [3.8, 4) is 0 Å². The van der Waals surface area contributed by atoms with Crippen LogP contribution >= 0.6 is 0 Å². The highest BCUT2D eigenvalue weighted by molar-refractivity contribution is 5.13. The average molecular weight is 238 g/mol. The van der Waals surface area contributed by atoms with Crippen molar-refractivity contribution in [3.63, 3.8) is 0 Å². The highest BCUT2D eigenvalue weighted by atomic mass is 16.7. The second kappa shape index (κ2) is 6.71. The summed E-state index contributed by atoms with van der Waals surface area (Å²) in [6, 6.07) is 10.0. The molecule has 0 radical (unpaired) electrons. The first-order valence-corrected chi connectivity index (χ1v) is 5.88. The normalized spacial score (nSPS) is 24.8. The third kappa shape index (κ3) is 4.09. The highest BCUT2D eigenvalue weighted by Gasteiger charge is 2.22. The molecule has 2 atom stereocenters. The van der Waals surface area contributed by atoms with E-state index in [0.717, 1.165) is 12.0 Å². The Bertz CT molecular complexity index is 314. The third-order valence-electron chi connectivity index (χ3n) is 2.65. The van der Waals surface area contributed by atoms with Gasteiger partial charge in [-0.2, -0.15) is 0 Å². The van der Waals surface area contributed by atoms with Crippen LogP contribution in [0, 0.1) is 0 Å². The standard InChI is InChI=1S/C13H18O4/c14-8-13-16-7-6-12(17-13)10-15-9-11-4-2-1-3-5-11/h1-5,12-14H,6-10H2. The van der Waals surface area contributed by atoms with Gasteiger partial charge in [-0.25, -0.2) is 0 Å². The SMILES string of the molecule is OCC1OCCC(COCc2ccccc2)O1. The van der Waals surface area contributed by atoms with E-state index in [0.29, 0.717) is 19.8 Å². The van der Waals surface area contributed by atoms with Gasteiger partial charge in [0.15, 0.2) is 6.29 Å². The summed E-state index contributed by atoms with van der Waals surface area (Å²) in [5.41, 5.74) is 1.15. The molecule has 0 bridgehead atoms. The summed E-state index contributed by atoms with van der Waals surface area (Å²) in [5, 5.41) is 8.92. The molecule has 2 rings (SSSR count). The van der Waals surface area contributed by atoms with E-state index in [2.05, 4.69) is 0 Å². The van der Waals surface area contributed by atoms with Gasteiger partial charge in [-0.15, -0.1) is 0 Å². The summed E-state index contributed by atoms with van der Waals surface area (Å²) >= 11 is 0. The van der Waals surface area contributed by atoms with Crippen LogP contribution in [0.15, 0.2) is 30.3 Å². The average Bonchev–Trinajstić information content (AvgIpc) is 2.40. The molecule has 0 amide bonds.